The molecule has 1 aromatic carbocycles. The molecular weight excluding hydrogens is 283 g/mol. The van der Waals surface area contributed by atoms with Crippen molar-refractivity contribution < 1.29 is 17.9 Å². The maximum absolute atomic E-state index is 13.9. The zero-order chi connectivity index (χ0) is 15.6. The van der Waals surface area contributed by atoms with E-state index < -0.39 is 26.3 Å². The first-order valence-electron chi connectivity index (χ1n) is 6.35. The Balaban J connectivity index is 3.21. The number of nitrogen functional groups attached to an aromatic ring is 1. The van der Waals surface area contributed by atoms with E-state index >= 15 is 0 Å². The fraction of sp³-hybridized carbons (Fsp3) is 0.538. The van der Waals surface area contributed by atoms with Crippen LogP contribution in [0, 0.1) is 12.7 Å². The minimum absolute atomic E-state index is 0.161. The van der Waals surface area contributed by atoms with Gasteiger partial charge in [0.2, 0.25) is 10.0 Å². The molecule has 114 valence electrons. The molecule has 0 bridgehead atoms. The fourth-order valence-electron chi connectivity index (χ4n) is 1.80. The van der Waals surface area contributed by atoms with Gasteiger partial charge in [0, 0.05) is 17.8 Å². The molecule has 7 heteroatoms. The molecule has 0 heterocycles. The van der Waals surface area contributed by atoms with Crippen LogP contribution in [0.15, 0.2) is 17.0 Å². The molecule has 20 heavy (non-hydrogen) atoms. The summed E-state index contributed by atoms with van der Waals surface area (Å²) < 4.78 is 40.9. The number of aryl methyl sites for hydroxylation is 1. The van der Waals surface area contributed by atoms with E-state index in [4.69, 9.17) is 10.8 Å². The van der Waals surface area contributed by atoms with Crippen LogP contribution in [-0.4, -0.2) is 25.7 Å². The Morgan fingerprint density at radius 1 is 1.45 bits per heavy atom. The first kappa shape index (κ1) is 16.9. The topological polar surface area (TPSA) is 92.4 Å². The van der Waals surface area contributed by atoms with Crippen LogP contribution < -0.4 is 10.5 Å². The Hall–Kier alpha value is -1.18. The largest absolute Gasteiger partial charge is 0.398 e. The predicted octanol–water partition coefficient (Wildman–Crippen LogP) is 1.55. The summed E-state index contributed by atoms with van der Waals surface area (Å²) in [5.74, 6) is -0.841. The van der Waals surface area contributed by atoms with Crippen LogP contribution in [-0.2, 0) is 10.0 Å². The van der Waals surface area contributed by atoms with Crippen molar-refractivity contribution >= 4 is 15.7 Å². The standard InChI is InChI=1S/C13H21FN2O3S/c1-4-13(3,5-6-17)16-20(18,19)12-8-11(15)9(2)7-10(12)14/h7-8,16-17H,4-6,15H2,1-3H3. The van der Waals surface area contributed by atoms with Crippen LogP contribution in [0.1, 0.15) is 32.3 Å². The highest BCUT2D eigenvalue weighted by molar-refractivity contribution is 7.89. The molecule has 1 unspecified atom stereocenters. The quantitative estimate of drug-likeness (QED) is 0.695. The first-order valence-corrected chi connectivity index (χ1v) is 7.84. The molecular formula is C13H21FN2O3S. The van der Waals surface area contributed by atoms with Crippen LogP contribution in [0.2, 0.25) is 0 Å². The van der Waals surface area contributed by atoms with E-state index in [2.05, 4.69) is 4.72 Å². The van der Waals surface area contributed by atoms with Crippen molar-refractivity contribution in [3.63, 3.8) is 0 Å². The van der Waals surface area contributed by atoms with Gasteiger partial charge < -0.3 is 10.8 Å². The van der Waals surface area contributed by atoms with Crippen LogP contribution in [0.25, 0.3) is 0 Å². The Kier molecular flexibility index (Phi) is 5.12. The number of aliphatic hydroxyl groups is 1. The second-order valence-corrected chi connectivity index (χ2v) is 6.78. The second kappa shape index (κ2) is 6.07. The molecule has 1 atom stereocenters. The summed E-state index contributed by atoms with van der Waals surface area (Å²) >= 11 is 0. The number of nitrogens with one attached hydrogen (secondary N) is 1. The van der Waals surface area contributed by atoms with Crippen molar-refractivity contribution in [1.82, 2.24) is 4.72 Å². The molecule has 1 rings (SSSR count). The lowest BCUT2D eigenvalue weighted by atomic mass is 9.97. The van der Waals surface area contributed by atoms with Crippen molar-refractivity contribution in [3.8, 4) is 0 Å². The zero-order valence-corrected chi connectivity index (χ0v) is 12.7. The van der Waals surface area contributed by atoms with E-state index in [1.165, 1.54) is 0 Å². The summed E-state index contributed by atoms with van der Waals surface area (Å²) in [5, 5.41) is 9.01. The van der Waals surface area contributed by atoms with E-state index in [-0.39, 0.29) is 18.7 Å². The summed E-state index contributed by atoms with van der Waals surface area (Å²) in [6, 6.07) is 2.21. The van der Waals surface area contributed by atoms with Crippen molar-refractivity contribution in [1.29, 1.82) is 0 Å². The number of hydrogen-bond acceptors (Lipinski definition) is 4. The third-order valence-corrected chi connectivity index (χ3v) is 5.09. The number of benzene rings is 1. The highest BCUT2D eigenvalue weighted by atomic mass is 32.2. The zero-order valence-electron chi connectivity index (χ0n) is 11.9. The minimum atomic E-state index is -4.04. The van der Waals surface area contributed by atoms with Gasteiger partial charge in [-0.3, -0.25) is 0 Å². The monoisotopic (exact) mass is 304 g/mol. The van der Waals surface area contributed by atoms with Gasteiger partial charge in [0.1, 0.15) is 10.7 Å². The average Bonchev–Trinajstić information content (AvgIpc) is 2.33. The van der Waals surface area contributed by atoms with Gasteiger partial charge in [-0.1, -0.05) is 6.92 Å². The molecule has 0 saturated heterocycles. The summed E-state index contributed by atoms with van der Waals surface area (Å²) in [6.07, 6.45) is 0.710. The van der Waals surface area contributed by atoms with E-state index in [0.717, 1.165) is 12.1 Å². The normalized spacial score (nSPS) is 15.1. The smallest absolute Gasteiger partial charge is 0.244 e. The van der Waals surface area contributed by atoms with Crippen LogP contribution in [0.3, 0.4) is 0 Å². The number of hydrogen-bond donors (Lipinski definition) is 3. The van der Waals surface area contributed by atoms with Crippen LogP contribution in [0.5, 0.6) is 0 Å². The van der Waals surface area contributed by atoms with Crippen molar-refractivity contribution in [3.05, 3.63) is 23.5 Å². The van der Waals surface area contributed by atoms with E-state index in [0.29, 0.717) is 12.0 Å². The Bertz CT molecular complexity index is 590. The SMILES string of the molecule is CCC(C)(CCO)NS(=O)(=O)c1cc(N)c(C)cc1F. The number of anilines is 1. The molecule has 0 aliphatic heterocycles. The lowest BCUT2D eigenvalue weighted by molar-refractivity contribution is 0.233. The predicted molar refractivity (Wildman–Crippen MR) is 76.3 cm³/mol. The molecule has 0 aromatic heterocycles. The van der Waals surface area contributed by atoms with Crippen LogP contribution in [0.4, 0.5) is 10.1 Å². The van der Waals surface area contributed by atoms with Gasteiger partial charge in [-0.05, 0) is 44.4 Å². The summed E-state index contributed by atoms with van der Waals surface area (Å²) in [7, 11) is -4.04. The number of aliphatic hydroxyl groups excluding tert-OH is 1. The Morgan fingerprint density at radius 3 is 2.55 bits per heavy atom. The summed E-state index contributed by atoms with van der Waals surface area (Å²) in [6.45, 7) is 4.89. The molecule has 4 N–H and O–H groups in total. The number of sulfonamides is 1. The van der Waals surface area contributed by atoms with Crippen molar-refractivity contribution in [2.75, 3.05) is 12.3 Å². The van der Waals surface area contributed by atoms with E-state index in [9.17, 15) is 12.8 Å². The molecule has 0 amide bonds. The van der Waals surface area contributed by atoms with Gasteiger partial charge in [0.15, 0.2) is 0 Å². The number of halogens is 1. The van der Waals surface area contributed by atoms with Gasteiger partial charge in [0.05, 0.1) is 0 Å². The van der Waals surface area contributed by atoms with Crippen molar-refractivity contribution in [2.24, 2.45) is 0 Å². The highest BCUT2D eigenvalue weighted by Gasteiger charge is 2.30. The maximum Gasteiger partial charge on any atom is 0.244 e. The molecule has 0 aliphatic carbocycles. The maximum atomic E-state index is 13.9. The lowest BCUT2D eigenvalue weighted by Crippen LogP contribution is -2.46. The van der Waals surface area contributed by atoms with Crippen LogP contribution >= 0.6 is 0 Å². The summed E-state index contributed by atoms with van der Waals surface area (Å²) in [5.41, 5.74) is 5.51. The summed E-state index contributed by atoms with van der Waals surface area (Å²) in [4.78, 5) is -0.474. The fourth-order valence-corrected chi connectivity index (χ4v) is 3.40. The molecule has 1 aromatic rings. The first-order chi connectivity index (χ1) is 9.15. The van der Waals surface area contributed by atoms with E-state index in [1.54, 1.807) is 20.8 Å². The van der Waals surface area contributed by atoms with E-state index in [1.807, 2.05) is 0 Å². The molecule has 0 aliphatic rings. The number of nitrogens with two attached hydrogens (primary N) is 1. The minimum Gasteiger partial charge on any atom is -0.398 e. The molecule has 5 nitrogen and oxygen atoms in total. The molecule has 0 spiro atoms. The van der Waals surface area contributed by atoms with Gasteiger partial charge in [-0.15, -0.1) is 0 Å². The molecule has 0 radical (unpaired) electrons. The van der Waals surface area contributed by atoms with Gasteiger partial charge in [-0.25, -0.2) is 17.5 Å². The van der Waals surface area contributed by atoms with Gasteiger partial charge in [-0.2, -0.15) is 0 Å². The van der Waals surface area contributed by atoms with Gasteiger partial charge in [0.25, 0.3) is 0 Å². The second-order valence-electron chi connectivity index (χ2n) is 5.13. The third kappa shape index (κ3) is 3.68. The number of rotatable bonds is 6. The molecule has 0 fully saturated rings. The Labute approximate surface area is 119 Å². The van der Waals surface area contributed by atoms with Crippen molar-refractivity contribution in [2.45, 2.75) is 44.0 Å². The average molecular weight is 304 g/mol. The van der Waals surface area contributed by atoms with Gasteiger partial charge >= 0.3 is 0 Å². The Morgan fingerprint density at radius 2 is 2.05 bits per heavy atom. The lowest BCUT2D eigenvalue weighted by Gasteiger charge is -2.28. The third-order valence-electron chi connectivity index (χ3n) is 3.43. The molecule has 0 saturated carbocycles. The highest BCUT2D eigenvalue weighted by Crippen LogP contribution is 2.24.